The lowest BCUT2D eigenvalue weighted by Crippen LogP contribution is -2.58. The van der Waals surface area contributed by atoms with Gasteiger partial charge in [-0.05, 0) is 62.8 Å². The third-order valence-corrected chi connectivity index (χ3v) is 13.2. The summed E-state index contributed by atoms with van der Waals surface area (Å²) in [6, 6.07) is 13.0. The summed E-state index contributed by atoms with van der Waals surface area (Å²) in [5.41, 5.74) is 0.752. The lowest BCUT2D eigenvalue weighted by molar-refractivity contribution is -0.175. The molecule has 8 rings (SSSR count). The molecule has 4 aromatic rings. The fourth-order valence-corrected chi connectivity index (χ4v) is 9.30. The number of methoxy groups -OCH3 is 1. The van der Waals surface area contributed by atoms with Gasteiger partial charge >= 0.3 is 12.1 Å². The molecule has 3 N–H and O–H groups in total. The van der Waals surface area contributed by atoms with Crippen LogP contribution in [0.2, 0.25) is 0 Å². The monoisotopic (exact) mass is 837 g/mol. The second kappa shape index (κ2) is 15.5. The quantitative estimate of drug-likeness (QED) is 0.203. The second-order valence-electron chi connectivity index (χ2n) is 15.5. The van der Waals surface area contributed by atoms with Crippen molar-refractivity contribution in [1.29, 1.82) is 0 Å². The minimum atomic E-state index is -5.28. The topological polar surface area (TPSA) is 186 Å². The summed E-state index contributed by atoms with van der Waals surface area (Å²) in [6.07, 6.45) is -0.215. The molecular formula is C41H42F3N5O9S. The molecule has 0 bridgehead atoms. The molecule has 312 valence electrons. The van der Waals surface area contributed by atoms with Crippen molar-refractivity contribution in [2.45, 2.75) is 92.9 Å². The summed E-state index contributed by atoms with van der Waals surface area (Å²) >= 11 is 0. The number of alkyl halides is 3. The Kier molecular flexibility index (Phi) is 10.6. The molecule has 59 heavy (non-hydrogen) atoms. The van der Waals surface area contributed by atoms with Crippen molar-refractivity contribution in [2.75, 3.05) is 13.7 Å². The van der Waals surface area contributed by atoms with E-state index in [4.69, 9.17) is 18.9 Å². The molecule has 2 aromatic heterocycles. The van der Waals surface area contributed by atoms with Crippen LogP contribution in [0.1, 0.15) is 57.8 Å². The average Bonchev–Trinajstić information content (AvgIpc) is 4.11. The zero-order valence-corrected chi connectivity index (χ0v) is 32.7. The number of carbonyl (C=O) groups excluding carboxylic acids is 4. The molecule has 14 nitrogen and oxygen atoms in total. The van der Waals surface area contributed by atoms with E-state index in [1.165, 1.54) is 7.11 Å². The molecule has 2 saturated carbocycles. The lowest BCUT2D eigenvalue weighted by atomic mass is 10.0. The number of allylic oxidation sites excluding steroid dienone is 1. The van der Waals surface area contributed by atoms with Crippen LogP contribution in [0.5, 0.6) is 11.5 Å². The van der Waals surface area contributed by atoms with Crippen LogP contribution in [0, 0.1) is 5.92 Å². The summed E-state index contributed by atoms with van der Waals surface area (Å²) in [5, 5.41) is 4.56. The molecule has 18 heteroatoms. The van der Waals surface area contributed by atoms with E-state index in [0.717, 1.165) is 4.90 Å². The highest BCUT2D eigenvalue weighted by atomic mass is 32.2. The number of carbonyl (C=O) groups is 4. The first-order chi connectivity index (χ1) is 28.2. The van der Waals surface area contributed by atoms with Crippen LogP contribution in [-0.4, -0.2) is 90.7 Å². The van der Waals surface area contributed by atoms with Gasteiger partial charge in [-0.2, -0.15) is 13.2 Å². The van der Waals surface area contributed by atoms with Gasteiger partial charge in [0.2, 0.25) is 21.8 Å². The summed E-state index contributed by atoms with van der Waals surface area (Å²) in [5.74, 6) is -4.76. The fraction of sp³-hybridized carbons (Fsp3) is 0.439. The Labute approximate surface area is 336 Å². The Morgan fingerprint density at radius 1 is 1.03 bits per heavy atom. The van der Waals surface area contributed by atoms with Gasteiger partial charge in [0.1, 0.15) is 40.6 Å². The number of furan rings is 1. The third-order valence-electron chi connectivity index (χ3n) is 11.4. The standard InChI is InChI=1S/C41H42F3N5O9S/c1-56-25-12-9-10-23(18-25)30-20-33(35-34(45-30)28-13-7-8-15-32(28)58-35)57-26-19-31-36(50)47-40(38(52)48-59(54,55)27-16-17-27)21-24(40)11-5-3-2-4-6-14-29(37(51)49(31)22-26)46-39(53)41(42,43)44/h5,7-13,15,18,20,24,26-27,29,31H,2-4,6,14,16-17,19,21-22H2,1H3,(H,46,53)(H,47,50)(H,48,52)/b11-5-/t24-,26-,29+,31+,40-/m1/s1. The highest BCUT2D eigenvalue weighted by Gasteiger charge is 2.62. The van der Waals surface area contributed by atoms with Crippen molar-refractivity contribution in [1.82, 2.24) is 25.2 Å². The molecule has 2 aliphatic carbocycles. The number of para-hydroxylation sites is 1. The highest BCUT2D eigenvalue weighted by Crippen LogP contribution is 2.46. The molecule has 4 aliphatic rings. The van der Waals surface area contributed by atoms with Crippen LogP contribution in [0.15, 0.2) is 71.2 Å². The van der Waals surface area contributed by atoms with Crippen molar-refractivity contribution in [2.24, 2.45) is 5.92 Å². The van der Waals surface area contributed by atoms with Crippen molar-refractivity contribution < 1.29 is 54.7 Å². The van der Waals surface area contributed by atoms with E-state index in [0.29, 0.717) is 65.6 Å². The maximum absolute atomic E-state index is 14.4. The van der Waals surface area contributed by atoms with Crippen LogP contribution in [0.4, 0.5) is 13.2 Å². The number of nitrogens with one attached hydrogen (secondary N) is 3. The van der Waals surface area contributed by atoms with E-state index >= 15 is 0 Å². The number of aromatic nitrogens is 1. The second-order valence-corrected chi connectivity index (χ2v) is 17.5. The average molecular weight is 838 g/mol. The molecular weight excluding hydrogens is 796 g/mol. The number of pyridine rings is 1. The largest absolute Gasteiger partial charge is 0.497 e. The van der Waals surface area contributed by atoms with Crippen LogP contribution >= 0.6 is 0 Å². The number of amides is 4. The number of nitrogens with zero attached hydrogens (tertiary/aromatic N) is 2. The first-order valence-electron chi connectivity index (χ1n) is 19.5. The maximum Gasteiger partial charge on any atom is 0.471 e. The van der Waals surface area contributed by atoms with Gasteiger partial charge in [-0.25, -0.2) is 13.4 Å². The zero-order chi connectivity index (χ0) is 41.7. The Morgan fingerprint density at radius 2 is 1.83 bits per heavy atom. The molecule has 0 radical (unpaired) electrons. The summed E-state index contributed by atoms with van der Waals surface area (Å²) in [7, 11) is -2.47. The number of ether oxygens (including phenoxy) is 2. The van der Waals surface area contributed by atoms with Crippen molar-refractivity contribution in [3.8, 4) is 22.8 Å². The van der Waals surface area contributed by atoms with Crippen LogP contribution in [0.25, 0.3) is 33.3 Å². The number of rotatable bonds is 8. The number of hydrogen-bond acceptors (Lipinski definition) is 10. The normalized spacial score (nSPS) is 25.9. The van der Waals surface area contributed by atoms with Crippen molar-refractivity contribution >= 4 is 55.7 Å². The van der Waals surface area contributed by atoms with Gasteiger partial charge < -0.3 is 29.4 Å². The first-order valence-corrected chi connectivity index (χ1v) is 21.1. The summed E-state index contributed by atoms with van der Waals surface area (Å²) < 4.78 is 86.8. The SMILES string of the molecule is COc1cccc(-c2cc(O[C@@H]3C[C@H]4C(=O)N[C@]5(C(=O)NS(=O)(=O)C6CC6)C[C@H]5/C=C\CCCCC[C@H](NC(=O)C(F)(F)F)C(=O)N4C3)c3oc4ccccc4c3n2)c1. The van der Waals surface area contributed by atoms with Crippen molar-refractivity contribution in [3.05, 3.63) is 66.7 Å². The minimum Gasteiger partial charge on any atom is -0.497 e. The van der Waals surface area contributed by atoms with Gasteiger partial charge in [0.05, 0.1) is 24.6 Å². The molecule has 0 spiro atoms. The number of halogens is 3. The maximum atomic E-state index is 14.4. The van der Waals surface area contributed by atoms with E-state index in [9.17, 15) is 40.8 Å². The lowest BCUT2D eigenvalue weighted by Gasteiger charge is -2.30. The summed E-state index contributed by atoms with van der Waals surface area (Å²) in [4.78, 5) is 60.7. The van der Waals surface area contributed by atoms with Crippen LogP contribution in [-0.2, 0) is 29.2 Å². The third kappa shape index (κ3) is 8.18. The highest BCUT2D eigenvalue weighted by molar-refractivity contribution is 7.91. The Bertz CT molecular complexity index is 2470. The Balaban J connectivity index is 1.16. The van der Waals surface area contributed by atoms with Gasteiger partial charge in [-0.15, -0.1) is 0 Å². The van der Waals surface area contributed by atoms with E-state index < -0.39 is 74.7 Å². The Morgan fingerprint density at radius 3 is 2.59 bits per heavy atom. The zero-order valence-electron chi connectivity index (χ0n) is 31.9. The Hall–Kier alpha value is -5.65. The van der Waals surface area contributed by atoms with Gasteiger partial charge in [0, 0.05) is 29.4 Å². The molecule has 3 fully saturated rings. The van der Waals surface area contributed by atoms with Crippen LogP contribution < -0.4 is 24.8 Å². The molecule has 0 unspecified atom stereocenters. The number of benzene rings is 2. The fourth-order valence-electron chi connectivity index (χ4n) is 7.94. The molecule has 1 saturated heterocycles. The number of sulfonamides is 1. The van der Waals surface area contributed by atoms with Crippen LogP contribution in [0.3, 0.4) is 0 Å². The predicted octanol–water partition coefficient (Wildman–Crippen LogP) is 5.06. The molecule has 4 amide bonds. The van der Waals surface area contributed by atoms with Gasteiger partial charge in [-0.1, -0.05) is 49.3 Å². The van der Waals surface area contributed by atoms with E-state index in [1.807, 2.05) is 29.6 Å². The number of hydrogen-bond donors (Lipinski definition) is 3. The van der Waals surface area contributed by atoms with E-state index in [1.54, 1.807) is 42.5 Å². The molecule has 2 aliphatic heterocycles. The van der Waals surface area contributed by atoms with E-state index in [-0.39, 0.29) is 43.6 Å². The summed E-state index contributed by atoms with van der Waals surface area (Å²) in [6.45, 7) is -0.299. The van der Waals surface area contributed by atoms with Gasteiger partial charge in [-0.3, -0.25) is 23.9 Å². The van der Waals surface area contributed by atoms with Crippen molar-refractivity contribution in [3.63, 3.8) is 0 Å². The molecule has 5 atom stereocenters. The first kappa shape index (κ1) is 40.1. The van der Waals surface area contributed by atoms with Gasteiger partial charge in [0.15, 0.2) is 11.3 Å². The van der Waals surface area contributed by atoms with E-state index in [2.05, 4.69) is 10.0 Å². The predicted molar refractivity (Wildman–Crippen MR) is 207 cm³/mol. The smallest absolute Gasteiger partial charge is 0.471 e. The molecule has 4 heterocycles. The molecule has 2 aromatic carbocycles. The number of fused-ring (bicyclic) bond motifs is 5. The van der Waals surface area contributed by atoms with Gasteiger partial charge in [0.25, 0.3) is 5.91 Å². The minimum absolute atomic E-state index is 0.0836.